The highest BCUT2D eigenvalue weighted by Crippen LogP contribution is 2.26. The summed E-state index contributed by atoms with van der Waals surface area (Å²) < 4.78 is 0. The van der Waals surface area contributed by atoms with Crippen LogP contribution < -0.4 is 0 Å². The number of nitrogens with zero attached hydrogens (tertiary/aromatic N) is 1. The molecule has 0 amide bonds. The highest BCUT2D eigenvalue weighted by molar-refractivity contribution is 4.86. The van der Waals surface area contributed by atoms with Crippen molar-refractivity contribution in [3.05, 3.63) is 0 Å². The van der Waals surface area contributed by atoms with Crippen molar-refractivity contribution in [3.8, 4) is 0 Å². The highest BCUT2D eigenvalue weighted by Gasteiger charge is 2.31. The molecular weight excluding hydrogens is 138 g/mol. The maximum atomic E-state index is 9.66. The summed E-state index contributed by atoms with van der Waals surface area (Å²) in [7, 11) is 0. The van der Waals surface area contributed by atoms with Gasteiger partial charge in [0, 0.05) is 6.04 Å². The Morgan fingerprint density at radius 2 is 1.73 bits per heavy atom. The van der Waals surface area contributed by atoms with Crippen LogP contribution in [0.15, 0.2) is 0 Å². The van der Waals surface area contributed by atoms with E-state index in [0.717, 1.165) is 6.42 Å². The largest absolute Gasteiger partial charge is 0.391 e. The Bertz CT molecular complexity index is 132. The molecule has 2 heteroatoms. The molecule has 0 spiro atoms. The van der Waals surface area contributed by atoms with Crippen molar-refractivity contribution in [2.45, 2.75) is 44.2 Å². The summed E-state index contributed by atoms with van der Waals surface area (Å²) in [4.78, 5) is 2.43. The Labute approximate surface area is 68.2 Å². The lowest BCUT2D eigenvalue weighted by Gasteiger charge is -2.42. The zero-order valence-corrected chi connectivity index (χ0v) is 7.00. The van der Waals surface area contributed by atoms with Gasteiger partial charge in [-0.25, -0.2) is 0 Å². The average molecular weight is 155 g/mol. The first-order valence-corrected chi connectivity index (χ1v) is 4.80. The van der Waals surface area contributed by atoms with Crippen LogP contribution in [0.25, 0.3) is 0 Å². The Balaban J connectivity index is 1.88. The Morgan fingerprint density at radius 3 is 2.27 bits per heavy atom. The van der Waals surface area contributed by atoms with E-state index < -0.39 is 0 Å². The monoisotopic (exact) mass is 155 g/mol. The standard InChI is InChI=1S/C9H17NO/c11-9-5-2-1-4-8(9)10-6-3-7-10/h8-9,11H,1-7H2. The normalized spacial score (nSPS) is 40.1. The van der Waals surface area contributed by atoms with Gasteiger partial charge < -0.3 is 5.11 Å². The summed E-state index contributed by atoms with van der Waals surface area (Å²) in [6.45, 7) is 2.45. The van der Waals surface area contributed by atoms with E-state index in [1.807, 2.05) is 0 Å². The minimum Gasteiger partial charge on any atom is -0.391 e. The molecule has 11 heavy (non-hydrogen) atoms. The molecule has 1 heterocycles. The van der Waals surface area contributed by atoms with Crippen LogP contribution in [0.1, 0.15) is 32.1 Å². The van der Waals surface area contributed by atoms with Crippen molar-refractivity contribution in [2.24, 2.45) is 0 Å². The molecule has 2 rings (SSSR count). The van der Waals surface area contributed by atoms with Crippen LogP contribution in [0, 0.1) is 0 Å². The predicted molar refractivity (Wildman–Crippen MR) is 44.5 cm³/mol. The van der Waals surface area contributed by atoms with E-state index in [-0.39, 0.29) is 6.10 Å². The lowest BCUT2D eigenvalue weighted by molar-refractivity contribution is -0.00862. The van der Waals surface area contributed by atoms with Crippen LogP contribution >= 0.6 is 0 Å². The first-order valence-electron chi connectivity index (χ1n) is 4.80. The Hall–Kier alpha value is -0.0800. The molecule has 1 aliphatic carbocycles. The second-order valence-corrected chi connectivity index (χ2v) is 3.81. The first-order chi connectivity index (χ1) is 5.38. The van der Waals surface area contributed by atoms with E-state index in [9.17, 15) is 5.11 Å². The molecular formula is C9H17NO. The van der Waals surface area contributed by atoms with Gasteiger partial charge in [0.05, 0.1) is 6.10 Å². The molecule has 0 bridgehead atoms. The summed E-state index contributed by atoms with van der Waals surface area (Å²) in [5, 5.41) is 9.66. The van der Waals surface area contributed by atoms with Crippen molar-refractivity contribution < 1.29 is 5.11 Å². The van der Waals surface area contributed by atoms with Gasteiger partial charge in [-0.05, 0) is 32.4 Å². The minimum absolute atomic E-state index is 0.0240. The summed E-state index contributed by atoms with van der Waals surface area (Å²) in [6, 6.07) is 0.512. The average Bonchev–Trinajstić information content (AvgIpc) is 1.90. The van der Waals surface area contributed by atoms with Gasteiger partial charge in [-0.3, -0.25) is 4.90 Å². The summed E-state index contributed by atoms with van der Waals surface area (Å²) >= 11 is 0. The molecule has 0 aromatic rings. The number of likely N-dealkylation sites (tertiary alicyclic amines) is 1. The van der Waals surface area contributed by atoms with Crippen LogP contribution in [0.2, 0.25) is 0 Å². The van der Waals surface area contributed by atoms with E-state index in [1.165, 1.54) is 38.8 Å². The third-order valence-corrected chi connectivity index (χ3v) is 3.05. The number of aliphatic hydroxyl groups excluding tert-OH is 1. The molecule has 1 saturated carbocycles. The van der Waals surface area contributed by atoms with E-state index >= 15 is 0 Å². The molecule has 64 valence electrons. The SMILES string of the molecule is OC1CCCCC1N1CCC1. The number of hydrogen-bond acceptors (Lipinski definition) is 2. The molecule has 2 atom stereocenters. The third kappa shape index (κ3) is 1.42. The molecule has 2 nitrogen and oxygen atoms in total. The highest BCUT2D eigenvalue weighted by atomic mass is 16.3. The molecule has 2 aliphatic rings. The van der Waals surface area contributed by atoms with Gasteiger partial charge in [-0.15, -0.1) is 0 Å². The fraction of sp³-hybridized carbons (Fsp3) is 1.00. The molecule has 1 saturated heterocycles. The fourth-order valence-electron chi connectivity index (χ4n) is 2.19. The number of aliphatic hydroxyl groups is 1. The third-order valence-electron chi connectivity index (χ3n) is 3.05. The molecule has 0 aromatic carbocycles. The molecule has 2 unspecified atom stereocenters. The van der Waals surface area contributed by atoms with Crippen LogP contribution in [0.4, 0.5) is 0 Å². The smallest absolute Gasteiger partial charge is 0.0695 e. The molecule has 1 aliphatic heterocycles. The summed E-state index contributed by atoms with van der Waals surface area (Å²) in [5.74, 6) is 0. The number of hydrogen-bond donors (Lipinski definition) is 1. The van der Waals surface area contributed by atoms with Gasteiger partial charge in [0.2, 0.25) is 0 Å². The van der Waals surface area contributed by atoms with Crippen molar-refractivity contribution in [1.82, 2.24) is 4.90 Å². The second-order valence-electron chi connectivity index (χ2n) is 3.81. The van der Waals surface area contributed by atoms with Crippen LogP contribution in [0.3, 0.4) is 0 Å². The Kier molecular flexibility index (Phi) is 2.14. The van der Waals surface area contributed by atoms with Gasteiger partial charge in [-0.2, -0.15) is 0 Å². The topological polar surface area (TPSA) is 23.5 Å². The second kappa shape index (κ2) is 3.11. The first kappa shape index (κ1) is 7.56. The quantitative estimate of drug-likeness (QED) is 0.610. The van der Waals surface area contributed by atoms with Crippen molar-refractivity contribution >= 4 is 0 Å². The molecule has 1 N–H and O–H groups in total. The van der Waals surface area contributed by atoms with Gasteiger partial charge in [0.15, 0.2) is 0 Å². The van der Waals surface area contributed by atoms with Crippen molar-refractivity contribution in [2.75, 3.05) is 13.1 Å². The minimum atomic E-state index is -0.0240. The van der Waals surface area contributed by atoms with Crippen molar-refractivity contribution in [3.63, 3.8) is 0 Å². The van der Waals surface area contributed by atoms with E-state index in [4.69, 9.17) is 0 Å². The van der Waals surface area contributed by atoms with Crippen LogP contribution in [0.5, 0.6) is 0 Å². The fourth-order valence-corrected chi connectivity index (χ4v) is 2.19. The lowest BCUT2D eigenvalue weighted by atomic mass is 9.90. The summed E-state index contributed by atoms with van der Waals surface area (Å²) in [5.41, 5.74) is 0. The van der Waals surface area contributed by atoms with E-state index in [0.29, 0.717) is 6.04 Å². The molecule has 0 radical (unpaired) electrons. The maximum Gasteiger partial charge on any atom is 0.0695 e. The zero-order chi connectivity index (χ0) is 7.68. The maximum absolute atomic E-state index is 9.66. The molecule has 0 aromatic heterocycles. The lowest BCUT2D eigenvalue weighted by Crippen LogP contribution is -2.51. The van der Waals surface area contributed by atoms with E-state index in [2.05, 4.69) is 4.90 Å². The van der Waals surface area contributed by atoms with Crippen molar-refractivity contribution in [1.29, 1.82) is 0 Å². The predicted octanol–water partition coefficient (Wildman–Crippen LogP) is 0.996. The number of rotatable bonds is 1. The van der Waals surface area contributed by atoms with Gasteiger partial charge in [-0.1, -0.05) is 12.8 Å². The zero-order valence-electron chi connectivity index (χ0n) is 7.00. The Morgan fingerprint density at radius 1 is 1.00 bits per heavy atom. The van der Waals surface area contributed by atoms with E-state index in [1.54, 1.807) is 0 Å². The van der Waals surface area contributed by atoms with Gasteiger partial charge in [0.1, 0.15) is 0 Å². The van der Waals surface area contributed by atoms with Gasteiger partial charge >= 0.3 is 0 Å². The van der Waals surface area contributed by atoms with Gasteiger partial charge in [0.25, 0.3) is 0 Å². The van der Waals surface area contributed by atoms with Crippen LogP contribution in [-0.2, 0) is 0 Å². The van der Waals surface area contributed by atoms with Crippen LogP contribution in [-0.4, -0.2) is 35.2 Å². The molecule has 2 fully saturated rings. The summed E-state index contributed by atoms with van der Waals surface area (Å²) in [6.07, 6.45) is 6.11.